The minimum atomic E-state index is 0.645. The molecule has 2 heteroatoms. The molecule has 0 aliphatic carbocycles. The molecule has 0 radical (unpaired) electrons. The van der Waals surface area contributed by atoms with Crippen molar-refractivity contribution < 1.29 is 4.74 Å². The Balaban J connectivity index is 1.59. The summed E-state index contributed by atoms with van der Waals surface area (Å²) in [6.45, 7) is 5.64. The highest BCUT2D eigenvalue weighted by atomic mass is 16.5. The predicted octanol–water partition coefficient (Wildman–Crippen LogP) is 4.95. The van der Waals surface area contributed by atoms with Crippen molar-refractivity contribution in [3.63, 3.8) is 0 Å². The van der Waals surface area contributed by atoms with Crippen LogP contribution in [0.25, 0.3) is 10.8 Å². The molecule has 0 fully saturated rings. The highest BCUT2D eigenvalue weighted by Crippen LogP contribution is 2.22. The van der Waals surface area contributed by atoms with E-state index in [1.54, 1.807) is 0 Å². The van der Waals surface area contributed by atoms with E-state index in [9.17, 15) is 0 Å². The zero-order chi connectivity index (χ0) is 15.4. The van der Waals surface area contributed by atoms with Crippen LogP contribution in [-0.2, 0) is 0 Å². The van der Waals surface area contributed by atoms with E-state index in [4.69, 9.17) is 4.74 Å². The molecular weight excluding hydrogens is 270 g/mol. The topological polar surface area (TPSA) is 21.3 Å². The SMILES string of the molecule is Cc1ccc(OCCNc2cccc3ccccc23)cc1C. The van der Waals surface area contributed by atoms with Crippen molar-refractivity contribution in [2.45, 2.75) is 13.8 Å². The first-order valence-electron chi connectivity index (χ1n) is 7.66. The summed E-state index contributed by atoms with van der Waals surface area (Å²) in [4.78, 5) is 0. The molecule has 112 valence electrons. The second kappa shape index (κ2) is 6.52. The molecule has 2 nitrogen and oxygen atoms in total. The standard InChI is InChI=1S/C20H21NO/c1-15-10-11-18(14-16(15)2)22-13-12-21-20-9-5-7-17-6-3-4-8-19(17)20/h3-11,14,21H,12-13H2,1-2H3. The first kappa shape index (κ1) is 14.5. The van der Waals surface area contributed by atoms with Gasteiger partial charge in [-0.2, -0.15) is 0 Å². The van der Waals surface area contributed by atoms with Crippen LogP contribution in [-0.4, -0.2) is 13.2 Å². The van der Waals surface area contributed by atoms with E-state index in [0.717, 1.165) is 18.0 Å². The molecule has 0 spiro atoms. The molecule has 0 saturated carbocycles. The summed E-state index contributed by atoms with van der Waals surface area (Å²) >= 11 is 0. The van der Waals surface area contributed by atoms with E-state index in [2.05, 4.69) is 73.8 Å². The second-order valence-corrected chi connectivity index (χ2v) is 5.55. The highest BCUT2D eigenvalue weighted by molar-refractivity contribution is 5.93. The maximum atomic E-state index is 5.81. The molecule has 0 amide bonds. The molecule has 22 heavy (non-hydrogen) atoms. The lowest BCUT2D eigenvalue weighted by atomic mass is 10.1. The van der Waals surface area contributed by atoms with Crippen LogP contribution in [0.1, 0.15) is 11.1 Å². The van der Waals surface area contributed by atoms with E-state index >= 15 is 0 Å². The fourth-order valence-electron chi connectivity index (χ4n) is 2.54. The fourth-order valence-corrected chi connectivity index (χ4v) is 2.54. The van der Waals surface area contributed by atoms with Gasteiger partial charge in [0.2, 0.25) is 0 Å². The summed E-state index contributed by atoms with van der Waals surface area (Å²) in [5.41, 5.74) is 3.71. The van der Waals surface area contributed by atoms with Crippen LogP contribution in [0.15, 0.2) is 60.7 Å². The maximum Gasteiger partial charge on any atom is 0.119 e. The van der Waals surface area contributed by atoms with Crippen molar-refractivity contribution in [3.05, 3.63) is 71.8 Å². The van der Waals surface area contributed by atoms with Gasteiger partial charge in [-0.3, -0.25) is 0 Å². The van der Waals surface area contributed by atoms with Crippen LogP contribution < -0.4 is 10.1 Å². The van der Waals surface area contributed by atoms with E-state index in [0.29, 0.717) is 6.61 Å². The molecular formula is C20H21NO. The fraction of sp³-hybridized carbons (Fsp3) is 0.200. The number of nitrogens with one attached hydrogen (secondary N) is 1. The molecule has 0 aromatic heterocycles. The third-order valence-corrected chi connectivity index (χ3v) is 3.95. The minimum absolute atomic E-state index is 0.645. The van der Waals surface area contributed by atoms with Crippen molar-refractivity contribution in [2.24, 2.45) is 0 Å². The molecule has 0 saturated heterocycles. The van der Waals surface area contributed by atoms with Gasteiger partial charge in [-0.25, -0.2) is 0 Å². The van der Waals surface area contributed by atoms with Crippen LogP contribution >= 0.6 is 0 Å². The number of benzene rings is 3. The molecule has 3 rings (SSSR count). The monoisotopic (exact) mass is 291 g/mol. The zero-order valence-corrected chi connectivity index (χ0v) is 13.1. The van der Waals surface area contributed by atoms with Crippen LogP contribution in [0.3, 0.4) is 0 Å². The first-order valence-corrected chi connectivity index (χ1v) is 7.66. The lowest BCUT2D eigenvalue weighted by molar-refractivity contribution is 0.332. The number of rotatable bonds is 5. The van der Waals surface area contributed by atoms with Crippen molar-refractivity contribution in [1.29, 1.82) is 0 Å². The number of ether oxygens (including phenoxy) is 1. The summed E-state index contributed by atoms with van der Waals surface area (Å²) < 4.78 is 5.81. The Bertz CT molecular complexity index is 774. The van der Waals surface area contributed by atoms with Gasteiger partial charge in [-0.05, 0) is 48.6 Å². The Morgan fingerprint density at radius 1 is 0.864 bits per heavy atom. The van der Waals surface area contributed by atoms with E-state index in [1.807, 2.05) is 6.07 Å². The van der Waals surface area contributed by atoms with Gasteiger partial charge in [-0.1, -0.05) is 42.5 Å². The number of aryl methyl sites for hydroxylation is 2. The lowest BCUT2D eigenvalue weighted by Gasteiger charge is -2.11. The average molecular weight is 291 g/mol. The summed E-state index contributed by atoms with van der Waals surface area (Å²) in [6, 6.07) is 20.9. The maximum absolute atomic E-state index is 5.81. The Kier molecular flexibility index (Phi) is 4.29. The molecule has 0 unspecified atom stereocenters. The van der Waals surface area contributed by atoms with Gasteiger partial charge >= 0.3 is 0 Å². The van der Waals surface area contributed by atoms with Crippen molar-refractivity contribution >= 4 is 16.5 Å². The van der Waals surface area contributed by atoms with Crippen molar-refractivity contribution in [2.75, 3.05) is 18.5 Å². The van der Waals surface area contributed by atoms with Gasteiger partial charge in [0.15, 0.2) is 0 Å². The van der Waals surface area contributed by atoms with Crippen LogP contribution in [0.5, 0.6) is 5.75 Å². The van der Waals surface area contributed by atoms with E-state index in [1.165, 1.54) is 21.9 Å². The van der Waals surface area contributed by atoms with Crippen molar-refractivity contribution in [1.82, 2.24) is 0 Å². The number of hydrogen-bond acceptors (Lipinski definition) is 2. The van der Waals surface area contributed by atoms with Crippen LogP contribution in [0.4, 0.5) is 5.69 Å². The summed E-state index contributed by atoms with van der Waals surface area (Å²) in [7, 11) is 0. The Hall–Kier alpha value is -2.48. The molecule has 3 aromatic carbocycles. The third-order valence-electron chi connectivity index (χ3n) is 3.95. The third kappa shape index (κ3) is 3.22. The van der Waals surface area contributed by atoms with Gasteiger partial charge in [0.25, 0.3) is 0 Å². The summed E-state index contributed by atoms with van der Waals surface area (Å²) in [6.07, 6.45) is 0. The largest absolute Gasteiger partial charge is 0.492 e. The number of hydrogen-bond donors (Lipinski definition) is 1. The highest BCUT2D eigenvalue weighted by Gasteiger charge is 2.00. The molecule has 0 aliphatic heterocycles. The van der Waals surface area contributed by atoms with Crippen LogP contribution in [0.2, 0.25) is 0 Å². The van der Waals surface area contributed by atoms with Crippen LogP contribution in [0, 0.1) is 13.8 Å². The summed E-state index contributed by atoms with van der Waals surface area (Å²) in [5.74, 6) is 0.933. The van der Waals surface area contributed by atoms with Crippen molar-refractivity contribution in [3.8, 4) is 5.75 Å². The van der Waals surface area contributed by atoms with E-state index < -0.39 is 0 Å². The van der Waals surface area contributed by atoms with Gasteiger partial charge in [0.05, 0.1) is 0 Å². The molecule has 1 N–H and O–H groups in total. The smallest absolute Gasteiger partial charge is 0.119 e. The quantitative estimate of drug-likeness (QED) is 0.672. The minimum Gasteiger partial charge on any atom is -0.492 e. The van der Waals surface area contributed by atoms with Gasteiger partial charge in [-0.15, -0.1) is 0 Å². The Morgan fingerprint density at radius 2 is 1.68 bits per heavy atom. The predicted molar refractivity (Wildman–Crippen MR) is 93.8 cm³/mol. The normalized spacial score (nSPS) is 10.6. The lowest BCUT2D eigenvalue weighted by Crippen LogP contribution is -2.11. The van der Waals surface area contributed by atoms with Gasteiger partial charge < -0.3 is 10.1 Å². The molecule has 0 heterocycles. The molecule has 0 atom stereocenters. The molecule has 0 aliphatic rings. The second-order valence-electron chi connectivity index (χ2n) is 5.55. The zero-order valence-electron chi connectivity index (χ0n) is 13.1. The van der Waals surface area contributed by atoms with Gasteiger partial charge in [0.1, 0.15) is 12.4 Å². The number of fused-ring (bicyclic) bond motifs is 1. The molecule has 3 aromatic rings. The average Bonchev–Trinajstić information content (AvgIpc) is 2.55. The Morgan fingerprint density at radius 3 is 2.55 bits per heavy atom. The Labute approximate surface area is 131 Å². The molecule has 0 bridgehead atoms. The van der Waals surface area contributed by atoms with E-state index in [-0.39, 0.29) is 0 Å². The number of anilines is 1. The van der Waals surface area contributed by atoms with Gasteiger partial charge in [0, 0.05) is 17.6 Å². The summed E-state index contributed by atoms with van der Waals surface area (Å²) in [5, 5.41) is 5.96. The first-order chi connectivity index (χ1) is 10.7.